The summed E-state index contributed by atoms with van der Waals surface area (Å²) in [6.45, 7) is 12.9. The average molecular weight is 502 g/mol. The van der Waals surface area contributed by atoms with Crippen molar-refractivity contribution in [1.29, 1.82) is 0 Å². The van der Waals surface area contributed by atoms with Crippen molar-refractivity contribution in [3.05, 3.63) is 45.7 Å². The number of ether oxygens (including phenoxy) is 1. The van der Waals surface area contributed by atoms with Gasteiger partial charge in [-0.25, -0.2) is 0 Å². The van der Waals surface area contributed by atoms with Crippen molar-refractivity contribution in [3.63, 3.8) is 0 Å². The van der Waals surface area contributed by atoms with Gasteiger partial charge in [0.15, 0.2) is 0 Å². The molecule has 0 spiro atoms. The number of piperidine rings is 1. The summed E-state index contributed by atoms with van der Waals surface area (Å²) >= 11 is 6.22. The summed E-state index contributed by atoms with van der Waals surface area (Å²) in [5.41, 5.74) is 4.36. The molecule has 1 aromatic heterocycles. The van der Waals surface area contributed by atoms with Crippen LogP contribution in [0, 0.1) is 26.2 Å². The topological polar surface area (TPSA) is 53.8 Å². The third-order valence-corrected chi connectivity index (χ3v) is 8.26. The van der Waals surface area contributed by atoms with E-state index in [1.54, 1.807) is 0 Å². The summed E-state index contributed by atoms with van der Waals surface area (Å²) < 4.78 is 8.32. The lowest BCUT2D eigenvalue weighted by Gasteiger charge is -2.43. The smallest absolute Gasteiger partial charge is 0.223 e. The van der Waals surface area contributed by atoms with Crippen LogP contribution in [0.5, 0.6) is 5.75 Å². The number of halogens is 1. The molecule has 35 heavy (non-hydrogen) atoms. The van der Waals surface area contributed by atoms with Gasteiger partial charge >= 0.3 is 0 Å². The Morgan fingerprint density at radius 3 is 2.51 bits per heavy atom. The Hall–Kier alpha value is -2.09. The van der Waals surface area contributed by atoms with Crippen LogP contribution in [0.4, 0.5) is 0 Å². The molecule has 0 radical (unpaired) electrons. The maximum atomic E-state index is 13.5. The SMILES string of the molecule is Cc1cc(OC[C@]2(CC(=O)N3CCN(C)CC3)CCCN(Cc3c(C)nn(C)c3C)C2)ccc1Cl. The molecule has 0 aliphatic carbocycles. The molecule has 2 saturated heterocycles. The first-order valence-electron chi connectivity index (χ1n) is 12.7. The van der Waals surface area contributed by atoms with Gasteiger partial charge in [-0.15, -0.1) is 0 Å². The maximum Gasteiger partial charge on any atom is 0.223 e. The fourth-order valence-corrected chi connectivity index (χ4v) is 5.58. The predicted octanol–water partition coefficient (Wildman–Crippen LogP) is 3.82. The van der Waals surface area contributed by atoms with E-state index in [-0.39, 0.29) is 11.3 Å². The lowest BCUT2D eigenvalue weighted by atomic mass is 9.77. The predicted molar refractivity (Wildman–Crippen MR) is 140 cm³/mol. The van der Waals surface area contributed by atoms with Crippen LogP contribution in [-0.2, 0) is 18.4 Å². The van der Waals surface area contributed by atoms with E-state index in [4.69, 9.17) is 16.3 Å². The highest BCUT2D eigenvalue weighted by molar-refractivity contribution is 6.31. The van der Waals surface area contributed by atoms with Gasteiger partial charge in [0, 0.05) is 74.4 Å². The van der Waals surface area contributed by atoms with Gasteiger partial charge in [-0.05, 0) is 71.0 Å². The first-order chi connectivity index (χ1) is 16.7. The zero-order valence-corrected chi connectivity index (χ0v) is 22.7. The van der Waals surface area contributed by atoms with Crippen molar-refractivity contribution in [2.24, 2.45) is 12.5 Å². The molecule has 192 valence electrons. The molecule has 1 atom stereocenters. The Kier molecular flexibility index (Phi) is 8.09. The third kappa shape index (κ3) is 6.19. The summed E-state index contributed by atoms with van der Waals surface area (Å²) in [5.74, 6) is 1.07. The lowest BCUT2D eigenvalue weighted by molar-refractivity contribution is -0.137. The summed E-state index contributed by atoms with van der Waals surface area (Å²) in [5, 5.41) is 5.35. The molecule has 1 amide bonds. The molecule has 0 bridgehead atoms. The first-order valence-corrected chi connectivity index (χ1v) is 13.1. The minimum atomic E-state index is -0.226. The van der Waals surface area contributed by atoms with E-state index in [9.17, 15) is 4.79 Å². The molecule has 8 heteroatoms. The molecule has 0 saturated carbocycles. The quantitative estimate of drug-likeness (QED) is 0.577. The average Bonchev–Trinajstić information content (AvgIpc) is 3.06. The second kappa shape index (κ2) is 10.9. The number of hydrogen-bond acceptors (Lipinski definition) is 5. The van der Waals surface area contributed by atoms with Crippen LogP contribution < -0.4 is 4.74 Å². The van der Waals surface area contributed by atoms with Crippen molar-refractivity contribution in [2.75, 3.05) is 52.9 Å². The van der Waals surface area contributed by atoms with Crippen LogP contribution in [0.15, 0.2) is 18.2 Å². The minimum Gasteiger partial charge on any atom is -0.493 e. The van der Waals surface area contributed by atoms with Crippen LogP contribution in [0.2, 0.25) is 5.02 Å². The molecule has 2 aliphatic rings. The standard InChI is InChI=1S/C27H40ClN5O2/c1-20-15-23(7-8-25(20)28)35-19-27(16-26(34)33-13-11-30(4)12-14-33)9-6-10-32(18-27)17-24-21(2)29-31(5)22(24)3/h7-8,15H,6,9-14,16-19H2,1-5H3/t27-/m0/s1. The zero-order chi connectivity index (χ0) is 25.2. The van der Waals surface area contributed by atoms with Crippen molar-refractivity contribution >= 4 is 17.5 Å². The molecule has 4 rings (SSSR count). The molecule has 1 aromatic carbocycles. The van der Waals surface area contributed by atoms with Gasteiger partial charge in [0.1, 0.15) is 5.75 Å². The molecular weight excluding hydrogens is 462 g/mol. The van der Waals surface area contributed by atoms with E-state index in [1.165, 1.54) is 11.3 Å². The first kappa shape index (κ1) is 26.0. The van der Waals surface area contributed by atoms with Gasteiger partial charge < -0.3 is 14.5 Å². The van der Waals surface area contributed by atoms with Crippen LogP contribution in [0.1, 0.15) is 41.8 Å². The highest BCUT2D eigenvalue weighted by Gasteiger charge is 2.40. The Labute approximate surface area is 215 Å². The minimum absolute atomic E-state index is 0.226. The van der Waals surface area contributed by atoms with Crippen LogP contribution in [0.25, 0.3) is 0 Å². The summed E-state index contributed by atoms with van der Waals surface area (Å²) in [7, 11) is 4.12. The summed E-state index contributed by atoms with van der Waals surface area (Å²) in [6.07, 6.45) is 2.56. The fourth-order valence-electron chi connectivity index (χ4n) is 5.46. The van der Waals surface area contributed by atoms with Gasteiger partial charge in [0.05, 0.1) is 12.3 Å². The number of carbonyl (C=O) groups is 1. The summed E-state index contributed by atoms with van der Waals surface area (Å²) in [4.78, 5) is 20.3. The fraction of sp³-hybridized carbons (Fsp3) is 0.630. The Morgan fingerprint density at radius 1 is 1.11 bits per heavy atom. The number of likely N-dealkylation sites (tertiary alicyclic amines) is 1. The zero-order valence-electron chi connectivity index (χ0n) is 21.9. The number of benzene rings is 1. The number of rotatable bonds is 7. The van der Waals surface area contributed by atoms with Crippen LogP contribution in [-0.4, -0.2) is 83.3 Å². The monoisotopic (exact) mass is 501 g/mol. The van der Waals surface area contributed by atoms with Crippen molar-refractivity contribution in [3.8, 4) is 5.75 Å². The number of aryl methyl sites for hydroxylation is 3. The van der Waals surface area contributed by atoms with E-state index < -0.39 is 0 Å². The van der Waals surface area contributed by atoms with Gasteiger partial charge in [-0.2, -0.15) is 5.10 Å². The molecule has 0 N–H and O–H groups in total. The Bertz CT molecular complexity index is 1050. The number of likely N-dealkylation sites (N-methyl/N-ethyl adjacent to an activating group) is 1. The number of aromatic nitrogens is 2. The van der Waals surface area contributed by atoms with E-state index in [1.807, 2.05) is 41.8 Å². The number of amides is 1. The van der Waals surface area contributed by atoms with Crippen molar-refractivity contribution < 1.29 is 9.53 Å². The Morgan fingerprint density at radius 2 is 1.86 bits per heavy atom. The van der Waals surface area contributed by atoms with E-state index in [0.717, 1.165) is 80.7 Å². The summed E-state index contributed by atoms with van der Waals surface area (Å²) in [6, 6.07) is 5.80. The van der Waals surface area contributed by atoms with E-state index >= 15 is 0 Å². The normalized spacial score (nSPS) is 21.9. The third-order valence-electron chi connectivity index (χ3n) is 7.84. The highest BCUT2D eigenvalue weighted by atomic mass is 35.5. The molecule has 2 fully saturated rings. The number of hydrogen-bond donors (Lipinski definition) is 0. The molecule has 3 heterocycles. The maximum absolute atomic E-state index is 13.5. The molecule has 0 unspecified atom stereocenters. The van der Waals surface area contributed by atoms with Gasteiger partial charge in [0.25, 0.3) is 0 Å². The second-order valence-electron chi connectivity index (χ2n) is 10.6. The van der Waals surface area contributed by atoms with Gasteiger partial charge in [0.2, 0.25) is 5.91 Å². The largest absolute Gasteiger partial charge is 0.493 e. The lowest BCUT2D eigenvalue weighted by Crippen LogP contribution is -2.52. The number of carbonyl (C=O) groups excluding carboxylic acids is 1. The molecule has 7 nitrogen and oxygen atoms in total. The highest BCUT2D eigenvalue weighted by Crippen LogP contribution is 2.36. The van der Waals surface area contributed by atoms with Crippen molar-refractivity contribution in [2.45, 2.75) is 46.6 Å². The Balaban J connectivity index is 1.52. The molecule has 2 aromatic rings. The van der Waals surface area contributed by atoms with Crippen molar-refractivity contribution in [1.82, 2.24) is 24.5 Å². The van der Waals surface area contributed by atoms with Gasteiger partial charge in [-0.1, -0.05) is 11.6 Å². The van der Waals surface area contributed by atoms with Crippen LogP contribution in [0.3, 0.4) is 0 Å². The number of piperazine rings is 1. The molecular formula is C27H40ClN5O2. The second-order valence-corrected chi connectivity index (χ2v) is 11.1. The molecule has 2 aliphatic heterocycles. The number of nitrogens with zero attached hydrogens (tertiary/aromatic N) is 5. The van der Waals surface area contributed by atoms with E-state index in [0.29, 0.717) is 13.0 Å². The van der Waals surface area contributed by atoms with E-state index in [2.05, 4.69) is 35.8 Å². The van der Waals surface area contributed by atoms with Gasteiger partial charge in [-0.3, -0.25) is 14.4 Å². The van der Waals surface area contributed by atoms with Crippen LogP contribution >= 0.6 is 11.6 Å².